The Balaban J connectivity index is 2.36. The van der Waals surface area contributed by atoms with E-state index in [1.54, 1.807) is 6.07 Å². The van der Waals surface area contributed by atoms with Gasteiger partial charge in [-0.15, -0.1) is 0 Å². The van der Waals surface area contributed by atoms with E-state index >= 15 is 0 Å². The van der Waals surface area contributed by atoms with Gasteiger partial charge in [0, 0.05) is 17.6 Å². The molecule has 5 heteroatoms. The Morgan fingerprint density at radius 1 is 1.33 bits per heavy atom. The predicted molar refractivity (Wildman–Crippen MR) is 72.1 cm³/mol. The highest BCUT2D eigenvalue weighted by Crippen LogP contribution is 2.34. The molecule has 4 nitrogen and oxygen atoms in total. The van der Waals surface area contributed by atoms with Crippen molar-refractivity contribution in [3.8, 4) is 0 Å². The smallest absolute Gasteiger partial charge is 0.299 e. The first kappa shape index (κ1) is 13.2. The molecule has 0 fully saturated rings. The Labute approximate surface area is 114 Å². The molecular formula is C13H14BrNO3. The first-order valence-electron chi connectivity index (χ1n) is 5.80. The summed E-state index contributed by atoms with van der Waals surface area (Å²) >= 11 is 3.34. The highest BCUT2D eigenvalue weighted by Gasteiger charge is 2.36. The van der Waals surface area contributed by atoms with E-state index in [1.165, 1.54) is 4.90 Å². The lowest BCUT2D eigenvalue weighted by Gasteiger charge is -2.18. The highest BCUT2D eigenvalue weighted by molar-refractivity contribution is 9.10. The van der Waals surface area contributed by atoms with Crippen molar-refractivity contribution in [2.75, 3.05) is 24.7 Å². The van der Waals surface area contributed by atoms with Crippen LogP contribution in [-0.4, -0.2) is 31.4 Å². The zero-order chi connectivity index (χ0) is 13.3. The van der Waals surface area contributed by atoms with Crippen LogP contribution in [0.4, 0.5) is 5.69 Å². The maximum atomic E-state index is 11.9. The van der Waals surface area contributed by atoms with Gasteiger partial charge in [-0.25, -0.2) is 0 Å². The van der Waals surface area contributed by atoms with Gasteiger partial charge in [-0.05, 0) is 31.5 Å². The van der Waals surface area contributed by atoms with Gasteiger partial charge in [0.05, 0.1) is 17.9 Å². The van der Waals surface area contributed by atoms with Crippen LogP contribution in [0.1, 0.15) is 22.8 Å². The van der Waals surface area contributed by atoms with Gasteiger partial charge in [-0.3, -0.25) is 9.59 Å². The van der Waals surface area contributed by atoms with Crippen LogP contribution < -0.4 is 4.90 Å². The molecule has 1 aromatic carbocycles. The summed E-state index contributed by atoms with van der Waals surface area (Å²) in [5.41, 5.74) is 2.10. The summed E-state index contributed by atoms with van der Waals surface area (Å²) < 4.78 is 6.05. The number of hydrogen-bond donors (Lipinski definition) is 0. The number of ketones is 1. The fourth-order valence-corrected chi connectivity index (χ4v) is 2.69. The van der Waals surface area contributed by atoms with Crippen molar-refractivity contribution in [2.24, 2.45) is 0 Å². The molecule has 0 unspecified atom stereocenters. The molecule has 0 aromatic heterocycles. The van der Waals surface area contributed by atoms with E-state index in [0.717, 1.165) is 10.0 Å². The number of benzene rings is 1. The molecule has 0 bridgehead atoms. The van der Waals surface area contributed by atoms with Crippen molar-refractivity contribution in [3.05, 3.63) is 27.7 Å². The summed E-state index contributed by atoms with van der Waals surface area (Å²) in [5, 5.41) is 0. The van der Waals surface area contributed by atoms with Crippen molar-refractivity contribution < 1.29 is 14.3 Å². The van der Waals surface area contributed by atoms with Crippen LogP contribution in [0.5, 0.6) is 0 Å². The van der Waals surface area contributed by atoms with E-state index in [-0.39, 0.29) is 0 Å². The summed E-state index contributed by atoms with van der Waals surface area (Å²) in [7, 11) is 0. The van der Waals surface area contributed by atoms with Crippen molar-refractivity contribution >= 4 is 33.3 Å². The number of carbonyl (C=O) groups excluding carboxylic acids is 2. The van der Waals surface area contributed by atoms with Gasteiger partial charge in [0.1, 0.15) is 0 Å². The molecule has 0 radical (unpaired) electrons. The van der Waals surface area contributed by atoms with Crippen LogP contribution in [-0.2, 0) is 9.53 Å². The first-order chi connectivity index (χ1) is 8.56. The van der Waals surface area contributed by atoms with E-state index in [2.05, 4.69) is 15.9 Å². The van der Waals surface area contributed by atoms with Gasteiger partial charge < -0.3 is 9.64 Å². The molecule has 1 aliphatic rings. The maximum Gasteiger partial charge on any atom is 0.299 e. The summed E-state index contributed by atoms with van der Waals surface area (Å²) in [6, 6.07) is 3.60. The van der Waals surface area contributed by atoms with E-state index in [9.17, 15) is 9.59 Å². The second-order valence-corrected chi connectivity index (χ2v) is 5.02. The Morgan fingerprint density at radius 3 is 2.72 bits per heavy atom. The number of fused-ring (bicyclic) bond motifs is 1. The molecule has 1 aliphatic heterocycles. The van der Waals surface area contributed by atoms with Crippen LogP contribution in [0, 0.1) is 6.92 Å². The molecule has 0 atom stereocenters. The number of hydrogen-bond acceptors (Lipinski definition) is 3. The van der Waals surface area contributed by atoms with Gasteiger partial charge in [0.25, 0.3) is 11.7 Å². The average molecular weight is 312 g/mol. The topological polar surface area (TPSA) is 46.6 Å². The third kappa shape index (κ3) is 2.20. The molecular weight excluding hydrogens is 298 g/mol. The standard InChI is InChI=1S/C13H14BrNO3/c1-3-18-5-4-15-11-8(2)6-9(14)7-10(11)12(16)13(15)17/h6-7H,3-5H2,1-2H3. The SMILES string of the molecule is CCOCCN1C(=O)C(=O)c2cc(Br)cc(C)c21. The number of halogens is 1. The summed E-state index contributed by atoms with van der Waals surface area (Å²) in [4.78, 5) is 25.3. The Bertz CT molecular complexity index is 513. The first-order valence-corrected chi connectivity index (χ1v) is 6.59. The lowest BCUT2D eigenvalue weighted by atomic mass is 10.1. The zero-order valence-electron chi connectivity index (χ0n) is 10.3. The van der Waals surface area contributed by atoms with Crippen molar-refractivity contribution in [2.45, 2.75) is 13.8 Å². The number of anilines is 1. The molecule has 0 saturated heterocycles. The van der Waals surface area contributed by atoms with Crippen LogP contribution in [0.15, 0.2) is 16.6 Å². The highest BCUT2D eigenvalue weighted by atomic mass is 79.9. The average Bonchev–Trinajstić information content (AvgIpc) is 2.55. The van der Waals surface area contributed by atoms with E-state index in [1.807, 2.05) is 19.9 Å². The fourth-order valence-electron chi connectivity index (χ4n) is 2.12. The lowest BCUT2D eigenvalue weighted by molar-refractivity contribution is -0.114. The maximum absolute atomic E-state index is 11.9. The quantitative estimate of drug-likeness (QED) is 0.633. The van der Waals surface area contributed by atoms with Gasteiger partial charge >= 0.3 is 0 Å². The van der Waals surface area contributed by atoms with Crippen LogP contribution in [0.25, 0.3) is 0 Å². The van der Waals surface area contributed by atoms with Crippen LogP contribution >= 0.6 is 15.9 Å². The fraction of sp³-hybridized carbons (Fsp3) is 0.385. The zero-order valence-corrected chi connectivity index (χ0v) is 11.9. The number of nitrogens with zero attached hydrogens (tertiary/aromatic N) is 1. The number of ether oxygens (including phenoxy) is 1. The van der Waals surface area contributed by atoms with Gasteiger partial charge in [-0.1, -0.05) is 15.9 Å². The van der Waals surface area contributed by atoms with E-state index in [0.29, 0.717) is 31.0 Å². The molecule has 0 saturated carbocycles. The number of amides is 1. The molecule has 1 amide bonds. The summed E-state index contributed by atoms with van der Waals surface area (Å²) in [5.74, 6) is -0.906. The lowest BCUT2D eigenvalue weighted by Crippen LogP contribution is -2.33. The third-order valence-corrected chi connectivity index (χ3v) is 3.34. The van der Waals surface area contributed by atoms with Crippen molar-refractivity contribution in [3.63, 3.8) is 0 Å². The minimum atomic E-state index is -0.467. The normalized spacial score (nSPS) is 14.3. The number of aryl methyl sites for hydroxylation is 1. The molecule has 0 aliphatic carbocycles. The van der Waals surface area contributed by atoms with Gasteiger partial charge in [0.15, 0.2) is 0 Å². The van der Waals surface area contributed by atoms with Gasteiger partial charge in [-0.2, -0.15) is 0 Å². The molecule has 1 heterocycles. The Hall–Kier alpha value is -1.20. The number of Topliss-reactive ketones (excluding diaryl/α,β-unsaturated/α-hetero) is 1. The Kier molecular flexibility index (Phi) is 3.82. The second kappa shape index (κ2) is 5.20. The third-order valence-electron chi connectivity index (χ3n) is 2.88. The molecule has 0 N–H and O–H groups in total. The molecule has 96 valence electrons. The van der Waals surface area contributed by atoms with Crippen LogP contribution in [0.2, 0.25) is 0 Å². The minimum Gasteiger partial charge on any atom is -0.380 e. The molecule has 1 aromatic rings. The van der Waals surface area contributed by atoms with Crippen molar-refractivity contribution in [1.29, 1.82) is 0 Å². The summed E-state index contributed by atoms with van der Waals surface area (Å²) in [6.45, 7) is 5.23. The Morgan fingerprint density at radius 2 is 2.06 bits per heavy atom. The van der Waals surface area contributed by atoms with E-state index in [4.69, 9.17) is 4.74 Å². The monoisotopic (exact) mass is 311 g/mol. The molecule has 2 rings (SSSR count). The molecule has 0 spiro atoms. The van der Waals surface area contributed by atoms with Gasteiger partial charge in [0.2, 0.25) is 0 Å². The van der Waals surface area contributed by atoms with Crippen LogP contribution in [0.3, 0.4) is 0 Å². The number of rotatable bonds is 4. The molecule has 18 heavy (non-hydrogen) atoms. The minimum absolute atomic E-state index is 0.411. The summed E-state index contributed by atoms with van der Waals surface area (Å²) in [6.07, 6.45) is 0. The number of carbonyl (C=O) groups is 2. The predicted octanol–water partition coefficient (Wildman–Crippen LogP) is 2.32. The second-order valence-electron chi connectivity index (χ2n) is 4.10. The van der Waals surface area contributed by atoms with E-state index < -0.39 is 11.7 Å². The van der Waals surface area contributed by atoms with Crippen molar-refractivity contribution in [1.82, 2.24) is 0 Å². The largest absolute Gasteiger partial charge is 0.380 e.